The smallest absolute Gasteiger partial charge is 0.140 e. The normalized spacial score (nSPS) is 15.3. The van der Waals surface area contributed by atoms with E-state index in [2.05, 4.69) is 59.8 Å². The summed E-state index contributed by atoms with van der Waals surface area (Å²) in [5, 5.41) is 20.0. The van der Waals surface area contributed by atoms with Gasteiger partial charge in [0.25, 0.3) is 0 Å². The maximum Gasteiger partial charge on any atom is 0.140 e. The molecule has 5 heteroatoms. The Hall–Kier alpha value is -2.63. The average Bonchev–Trinajstić information content (AvgIpc) is 3.37. The van der Waals surface area contributed by atoms with Gasteiger partial charge in [0.05, 0.1) is 24.5 Å². The monoisotopic (exact) mass is 517 g/mol. The lowest BCUT2D eigenvalue weighted by atomic mass is 9.88. The highest BCUT2D eigenvalue weighted by Gasteiger charge is 2.28. The molecule has 38 heavy (non-hydrogen) atoms. The summed E-state index contributed by atoms with van der Waals surface area (Å²) in [5.74, 6) is 1.95. The van der Waals surface area contributed by atoms with Gasteiger partial charge in [-0.1, -0.05) is 88.8 Å². The number of hydrogen-bond donors (Lipinski definition) is 2. The van der Waals surface area contributed by atoms with Gasteiger partial charge in [0, 0.05) is 30.8 Å². The lowest BCUT2D eigenvalue weighted by Crippen LogP contribution is -2.35. The molecule has 4 rings (SSSR count). The Labute approximate surface area is 229 Å². The summed E-state index contributed by atoms with van der Waals surface area (Å²) in [5.41, 5.74) is 4.24. The molecule has 2 aromatic carbocycles. The summed E-state index contributed by atoms with van der Waals surface area (Å²) in [6.45, 7) is 7.24. The predicted molar refractivity (Wildman–Crippen MR) is 156 cm³/mol. The van der Waals surface area contributed by atoms with Crippen molar-refractivity contribution in [2.75, 3.05) is 6.54 Å². The Morgan fingerprint density at radius 2 is 1.76 bits per heavy atom. The van der Waals surface area contributed by atoms with Crippen LogP contribution in [0.3, 0.4) is 0 Å². The third-order valence-electron chi connectivity index (χ3n) is 8.18. The molecule has 1 heterocycles. The molecule has 1 aliphatic carbocycles. The van der Waals surface area contributed by atoms with E-state index in [1.807, 2.05) is 12.1 Å². The molecule has 0 amide bonds. The van der Waals surface area contributed by atoms with Crippen LogP contribution in [-0.2, 0) is 19.7 Å². The highest BCUT2D eigenvalue weighted by atomic mass is 16.3. The summed E-state index contributed by atoms with van der Waals surface area (Å²) in [7, 11) is 0. The topological polar surface area (TPSA) is 61.5 Å². The highest BCUT2D eigenvalue weighted by molar-refractivity contribution is 5.56. The maximum absolute atomic E-state index is 10.2. The van der Waals surface area contributed by atoms with Gasteiger partial charge in [-0.15, -0.1) is 0 Å². The molecule has 0 bridgehead atoms. The van der Waals surface area contributed by atoms with Crippen LogP contribution >= 0.6 is 0 Å². The van der Waals surface area contributed by atoms with E-state index in [4.69, 9.17) is 4.98 Å². The molecule has 0 aliphatic heterocycles. The zero-order valence-corrected chi connectivity index (χ0v) is 23.5. The predicted octanol–water partition coefficient (Wildman–Crippen LogP) is 7.86. The van der Waals surface area contributed by atoms with Crippen molar-refractivity contribution in [3.8, 4) is 17.1 Å². The quantitative estimate of drug-likeness (QED) is 0.228. The molecule has 0 saturated heterocycles. The van der Waals surface area contributed by atoms with Crippen LogP contribution in [-0.4, -0.2) is 31.2 Å². The number of benzene rings is 2. The Morgan fingerprint density at radius 3 is 2.47 bits per heavy atom. The number of imidazole rings is 1. The Balaban J connectivity index is 1.74. The van der Waals surface area contributed by atoms with Gasteiger partial charge < -0.3 is 14.8 Å². The number of aromatic hydroxyl groups is 1. The molecule has 206 valence electrons. The number of aliphatic hydroxyl groups excluding tert-OH is 1. The lowest BCUT2D eigenvalue weighted by molar-refractivity contribution is 0.127. The van der Waals surface area contributed by atoms with Gasteiger partial charge in [0.15, 0.2) is 0 Å². The van der Waals surface area contributed by atoms with Gasteiger partial charge in [0.2, 0.25) is 0 Å². The van der Waals surface area contributed by atoms with Gasteiger partial charge >= 0.3 is 0 Å². The Morgan fingerprint density at radius 1 is 1.00 bits per heavy atom. The van der Waals surface area contributed by atoms with E-state index in [1.54, 1.807) is 6.07 Å². The summed E-state index contributed by atoms with van der Waals surface area (Å²) in [6.07, 6.45) is 14.5. The minimum atomic E-state index is -0.147. The molecule has 1 fully saturated rings. The van der Waals surface area contributed by atoms with Crippen molar-refractivity contribution < 1.29 is 10.2 Å². The van der Waals surface area contributed by atoms with Crippen LogP contribution in [0.5, 0.6) is 5.75 Å². The summed E-state index contributed by atoms with van der Waals surface area (Å²) in [6, 6.07) is 16.6. The molecule has 1 unspecified atom stereocenters. The molecule has 5 nitrogen and oxygen atoms in total. The number of aromatic nitrogens is 2. The van der Waals surface area contributed by atoms with E-state index in [9.17, 15) is 10.2 Å². The molecule has 1 aromatic heterocycles. The summed E-state index contributed by atoms with van der Waals surface area (Å²) >= 11 is 0. The van der Waals surface area contributed by atoms with E-state index in [0.29, 0.717) is 11.5 Å². The SMILES string of the molecule is CCCCC(c1cnc(-c2ccccc2)n1CCCC)N(Cc1ccc(O)c(CO)c1)CC1CCCCC1. The second kappa shape index (κ2) is 14.5. The van der Waals surface area contributed by atoms with Crippen molar-refractivity contribution in [1.82, 2.24) is 14.5 Å². The Kier molecular flexibility index (Phi) is 10.8. The van der Waals surface area contributed by atoms with E-state index >= 15 is 0 Å². The Bertz CT molecular complexity index is 1100. The van der Waals surface area contributed by atoms with Gasteiger partial charge in [-0.3, -0.25) is 4.90 Å². The molecular formula is C33H47N3O2. The molecule has 1 aliphatic rings. The molecule has 2 N–H and O–H groups in total. The number of hydrogen-bond acceptors (Lipinski definition) is 4. The zero-order valence-electron chi connectivity index (χ0n) is 23.5. The lowest BCUT2D eigenvalue weighted by Gasteiger charge is -2.36. The summed E-state index contributed by atoms with van der Waals surface area (Å²) in [4.78, 5) is 7.70. The fraction of sp³-hybridized carbons (Fsp3) is 0.545. The van der Waals surface area contributed by atoms with E-state index < -0.39 is 0 Å². The number of phenols is 1. The van der Waals surface area contributed by atoms with Crippen molar-refractivity contribution in [2.24, 2.45) is 5.92 Å². The molecule has 0 radical (unpaired) electrons. The molecule has 1 saturated carbocycles. The standard InChI is InChI=1S/C33H47N3O2/c1-3-5-17-30(31-22-34-33(36(31)20-6-4-2)28-15-11-8-12-16-28)35(23-26-13-9-7-10-14-26)24-27-18-19-32(38)29(21-27)25-37/h8,11-12,15-16,18-19,21-22,26,30,37-38H,3-7,9-10,13-14,17,20,23-25H2,1-2H3. The van der Waals surface area contributed by atoms with Crippen LogP contribution in [0.25, 0.3) is 11.4 Å². The van der Waals surface area contributed by atoms with Crippen LogP contribution in [0, 0.1) is 5.92 Å². The van der Waals surface area contributed by atoms with Crippen molar-refractivity contribution in [1.29, 1.82) is 0 Å². The minimum Gasteiger partial charge on any atom is -0.508 e. The maximum atomic E-state index is 10.2. The van der Waals surface area contributed by atoms with E-state index in [-0.39, 0.29) is 18.4 Å². The average molecular weight is 518 g/mol. The number of aliphatic hydroxyl groups is 1. The van der Waals surface area contributed by atoms with Crippen molar-refractivity contribution in [3.63, 3.8) is 0 Å². The van der Waals surface area contributed by atoms with Gasteiger partial charge in [0.1, 0.15) is 11.6 Å². The first kappa shape index (κ1) is 28.4. The molecule has 1 atom stereocenters. The third kappa shape index (κ3) is 7.27. The van der Waals surface area contributed by atoms with Crippen LogP contribution in [0.4, 0.5) is 0 Å². The van der Waals surface area contributed by atoms with Crippen LogP contribution in [0.15, 0.2) is 54.7 Å². The fourth-order valence-electron chi connectivity index (χ4n) is 6.04. The van der Waals surface area contributed by atoms with Gasteiger partial charge in [-0.05, 0) is 49.3 Å². The van der Waals surface area contributed by atoms with Crippen molar-refractivity contribution in [2.45, 2.75) is 104 Å². The van der Waals surface area contributed by atoms with Crippen molar-refractivity contribution in [3.05, 3.63) is 71.5 Å². The van der Waals surface area contributed by atoms with Crippen LogP contribution in [0.1, 0.15) is 101 Å². The number of unbranched alkanes of at least 4 members (excludes halogenated alkanes) is 2. The molecule has 3 aromatic rings. The first-order chi connectivity index (χ1) is 18.6. The zero-order chi connectivity index (χ0) is 26.7. The molecule has 0 spiro atoms. The highest BCUT2D eigenvalue weighted by Crippen LogP contribution is 2.35. The largest absolute Gasteiger partial charge is 0.508 e. The second-order valence-electron chi connectivity index (χ2n) is 11.1. The third-order valence-corrected chi connectivity index (χ3v) is 8.18. The number of rotatable bonds is 14. The van der Waals surface area contributed by atoms with E-state index in [1.165, 1.54) is 49.8 Å². The van der Waals surface area contributed by atoms with Crippen LogP contribution in [0.2, 0.25) is 0 Å². The number of nitrogens with zero attached hydrogens (tertiary/aromatic N) is 3. The minimum absolute atomic E-state index is 0.147. The van der Waals surface area contributed by atoms with Gasteiger partial charge in [-0.2, -0.15) is 0 Å². The fourth-order valence-corrected chi connectivity index (χ4v) is 6.04. The molecular weight excluding hydrogens is 470 g/mol. The van der Waals surface area contributed by atoms with Crippen LogP contribution < -0.4 is 0 Å². The van der Waals surface area contributed by atoms with E-state index in [0.717, 1.165) is 56.7 Å². The first-order valence-electron chi connectivity index (χ1n) is 14.9. The first-order valence-corrected chi connectivity index (χ1v) is 14.9. The van der Waals surface area contributed by atoms with Crippen molar-refractivity contribution >= 4 is 0 Å². The second-order valence-corrected chi connectivity index (χ2v) is 11.1. The summed E-state index contributed by atoms with van der Waals surface area (Å²) < 4.78 is 2.49. The van der Waals surface area contributed by atoms with Gasteiger partial charge in [-0.25, -0.2) is 4.98 Å².